The molecule has 0 bridgehead atoms. The Bertz CT molecular complexity index is 521. The number of hydrogen-bond donors (Lipinski definition) is 0. The van der Waals surface area contributed by atoms with E-state index in [4.69, 9.17) is 5.26 Å². The third kappa shape index (κ3) is 1.97. The minimum absolute atomic E-state index is 0.464. The van der Waals surface area contributed by atoms with Gasteiger partial charge in [0, 0.05) is 0 Å². The van der Waals surface area contributed by atoms with Crippen LogP contribution in [0.2, 0.25) is 0 Å². The second kappa shape index (κ2) is 4.63. The summed E-state index contributed by atoms with van der Waals surface area (Å²) < 4.78 is 0. The van der Waals surface area contributed by atoms with Gasteiger partial charge in [0.25, 0.3) is 0 Å². The van der Waals surface area contributed by atoms with Gasteiger partial charge in [0.15, 0.2) is 0 Å². The Labute approximate surface area is 96.0 Å². The van der Waals surface area contributed by atoms with Crippen molar-refractivity contribution in [1.29, 1.82) is 5.26 Å². The maximum atomic E-state index is 8.83. The van der Waals surface area contributed by atoms with Crippen LogP contribution < -0.4 is 0 Å². The lowest BCUT2D eigenvalue weighted by Gasteiger charge is -2.10. The van der Waals surface area contributed by atoms with Crippen LogP contribution in [0, 0.1) is 18.3 Å². The molecule has 2 aromatic rings. The van der Waals surface area contributed by atoms with E-state index in [0.29, 0.717) is 6.42 Å². The molecule has 16 heavy (non-hydrogen) atoms. The van der Waals surface area contributed by atoms with Crippen molar-refractivity contribution in [2.75, 3.05) is 0 Å². The van der Waals surface area contributed by atoms with Crippen molar-refractivity contribution in [2.45, 2.75) is 13.3 Å². The number of rotatable bonds is 2. The minimum atomic E-state index is 0.464. The molecule has 0 heterocycles. The molecule has 1 heteroatoms. The highest BCUT2D eigenvalue weighted by Gasteiger charge is 2.06. The van der Waals surface area contributed by atoms with Gasteiger partial charge in [-0.15, -0.1) is 0 Å². The van der Waals surface area contributed by atoms with E-state index in [1.165, 1.54) is 16.7 Å². The van der Waals surface area contributed by atoms with Gasteiger partial charge in [-0.2, -0.15) is 5.26 Å². The van der Waals surface area contributed by atoms with Gasteiger partial charge in [-0.25, -0.2) is 0 Å². The fourth-order valence-electron chi connectivity index (χ4n) is 1.98. The predicted octanol–water partition coefficient (Wildman–Crippen LogP) is 3.73. The second-order valence-corrected chi connectivity index (χ2v) is 3.81. The zero-order valence-electron chi connectivity index (χ0n) is 9.27. The smallest absolute Gasteiger partial charge is 0.0669 e. The van der Waals surface area contributed by atoms with Gasteiger partial charge < -0.3 is 0 Å². The molecule has 0 aromatic heterocycles. The Balaban J connectivity index is 2.60. The SMILES string of the molecule is Cc1cccc(CC#N)c1-c1ccccc1. The first-order valence-corrected chi connectivity index (χ1v) is 5.34. The summed E-state index contributed by atoms with van der Waals surface area (Å²) in [5, 5.41) is 8.83. The molecule has 0 spiro atoms. The molecule has 1 nitrogen and oxygen atoms in total. The van der Waals surface area contributed by atoms with Crippen LogP contribution in [0.5, 0.6) is 0 Å². The zero-order valence-corrected chi connectivity index (χ0v) is 9.27. The van der Waals surface area contributed by atoms with Gasteiger partial charge in [0.05, 0.1) is 12.5 Å². The van der Waals surface area contributed by atoms with E-state index < -0.39 is 0 Å². The minimum Gasteiger partial charge on any atom is -0.198 e. The molecule has 2 rings (SSSR count). The molecule has 0 fully saturated rings. The van der Waals surface area contributed by atoms with Crippen LogP contribution in [0.4, 0.5) is 0 Å². The molecule has 78 valence electrons. The third-order valence-corrected chi connectivity index (χ3v) is 2.69. The lowest BCUT2D eigenvalue weighted by atomic mass is 9.94. The number of aryl methyl sites for hydroxylation is 1. The number of hydrogen-bond acceptors (Lipinski definition) is 1. The van der Waals surface area contributed by atoms with E-state index in [1.807, 2.05) is 30.3 Å². The molecule has 0 atom stereocenters. The van der Waals surface area contributed by atoms with Gasteiger partial charge in [-0.05, 0) is 29.2 Å². The topological polar surface area (TPSA) is 23.8 Å². The molecule has 2 aromatic carbocycles. The highest BCUT2D eigenvalue weighted by Crippen LogP contribution is 2.27. The highest BCUT2D eigenvalue weighted by molar-refractivity contribution is 5.71. The summed E-state index contributed by atoms with van der Waals surface area (Å²) in [5.74, 6) is 0. The summed E-state index contributed by atoms with van der Waals surface area (Å²) >= 11 is 0. The summed E-state index contributed by atoms with van der Waals surface area (Å²) in [6.07, 6.45) is 0.464. The summed E-state index contributed by atoms with van der Waals surface area (Å²) in [5.41, 5.74) is 4.71. The summed E-state index contributed by atoms with van der Waals surface area (Å²) in [6, 6.07) is 18.6. The lowest BCUT2D eigenvalue weighted by molar-refractivity contribution is 1.25. The molecule has 0 unspecified atom stereocenters. The molecular formula is C15H13N. The van der Waals surface area contributed by atoms with Crippen molar-refractivity contribution < 1.29 is 0 Å². The molecular weight excluding hydrogens is 194 g/mol. The zero-order chi connectivity index (χ0) is 11.4. The van der Waals surface area contributed by atoms with Gasteiger partial charge in [-0.3, -0.25) is 0 Å². The first-order chi connectivity index (χ1) is 7.83. The lowest BCUT2D eigenvalue weighted by Crippen LogP contribution is -1.91. The van der Waals surface area contributed by atoms with Gasteiger partial charge >= 0.3 is 0 Å². The fourth-order valence-corrected chi connectivity index (χ4v) is 1.98. The maximum absolute atomic E-state index is 8.83. The summed E-state index contributed by atoms with van der Waals surface area (Å²) in [6.45, 7) is 2.09. The monoisotopic (exact) mass is 207 g/mol. The summed E-state index contributed by atoms with van der Waals surface area (Å²) in [4.78, 5) is 0. The first-order valence-electron chi connectivity index (χ1n) is 5.34. The highest BCUT2D eigenvalue weighted by atomic mass is 14.2. The van der Waals surface area contributed by atoms with E-state index in [-0.39, 0.29) is 0 Å². The van der Waals surface area contributed by atoms with Crippen molar-refractivity contribution in [2.24, 2.45) is 0 Å². The van der Waals surface area contributed by atoms with E-state index in [0.717, 1.165) is 5.56 Å². The Morgan fingerprint density at radius 1 is 1.00 bits per heavy atom. The maximum Gasteiger partial charge on any atom is 0.0669 e. The van der Waals surface area contributed by atoms with Crippen molar-refractivity contribution in [1.82, 2.24) is 0 Å². The normalized spacial score (nSPS) is 9.75. The average molecular weight is 207 g/mol. The van der Waals surface area contributed by atoms with Crippen molar-refractivity contribution in [3.8, 4) is 17.2 Å². The van der Waals surface area contributed by atoms with E-state index in [1.54, 1.807) is 0 Å². The van der Waals surface area contributed by atoms with Crippen LogP contribution in [0.25, 0.3) is 11.1 Å². The van der Waals surface area contributed by atoms with E-state index >= 15 is 0 Å². The third-order valence-electron chi connectivity index (χ3n) is 2.69. The van der Waals surface area contributed by atoms with Crippen LogP contribution in [0.15, 0.2) is 48.5 Å². The molecule has 0 saturated carbocycles. The molecule has 0 N–H and O–H groups in total. The second-order valence-electron chi connectivity index (χ2n) is 3.81. The largest absolute Gasteiger partial charge is 0.198 e. The number of nitrogens with zero attached hydrogens (tertiary/aromatic N) is 1. The van der Waals surface area contributed by atoms with Crippen molar-refractivity contribution in [3.63, 3.8) is 0 Å². The Morgan fingerprint density at radius 3 is 2.44 bits per heavy atom. The average Bonchev–Trinajstić information content (AvgIpc) is 2.31. The van der Waals surface area contributed by atoms with E-state index in [2.05, 4.69) is 31.2 Å². The number of nitriles is 1. The Kier molecular flexibility index (Phi) is 3.03. The predicted molar refractivity (Wildman–Crippen MR) is 65.9 cm³/mol. The standard InChI is InChI=1S/C15H13N/c1-12-6-5-9-14(10-11-16)15(12)13-7-3-2-4-8-13/h2-9H,10H2,1H3. The fraction of sp³-hybridized carbons (Fsp3) is 0.133. The first kappa shape index (κ1) is 10.4. The molecule has 0 aliphatic heterocycles. The van der Waals surface area contributed by atoms with Crippen LogP contribution in [-0.4, -0.2) is 0 Å². The van der Waals surface area contributed by atoms with Crippen molar-refractivity contribution in [3.05, 3.63) is 59.7 Å². The van der Waals surface area contributed by atoms with Crippen LogP contribution in [0.1, 0.15) is 11.1 Å². The van der Waals surface area contributed by atoms with Crippen LogP contribution in [0.3, 0.4) is 0 Å². The summed E-state index contributed by atoms with van der Waals surface area (Å²) in [7, 11) is 0. The van der Waals surface area contributed by atoms with E-state index in [9.17, 15) is 0 Å². The molecule has 0 saturated heterocycles. The van der Waals surface area contributed by atoms with Crippen molar-refractivity contribution >= 4 is 0 Å². The molecule has 0 radical (unpaired) electrons. The van der Waals surface area contributed by atoms with Crippen LogP contribution in [-0.2, 0) is 6.42 Å². The quantitative estimate of drug-likeness (QED) is 0.736. The Morgan fingerprint density at radius 2 is 1.75 bits per heavy atom. The van der Waals surface area contributed by atoms with Crippen LogP contribution >= 0.6 is 0 Å². The van der Waals surface area contributed by atoms with Gasteiger partial charge in [-0.1, -0.05) is 48.5 Å². The van der Waals surface area contributed by atoms with Gasteiger partial charge in [0.1, 0.15) is 0 Å². The molecule has 0 amide bonds. The van der Waals surface area contributed by atoms with Gasteiger partial charge in [0.2, 0.25) is 0 Å². The number of benzene rings is 2. The Hall–Kier alpha value is -2.07. The molecule has 0 aliphatic carbocycles. The molecule has 0 aliphatic rings.